The van der Waals surface area contributed by atoms with Gasteiger partial charge >= 0.3 is 0 Å². The second kappa shape index (κ2) is 9.50. The number of amides is 1. The summed E-state index contributed by atoms with van der Waals surface area (Å²) in [4.78, 5) is 34.8. The Kier molecular flexibility index (Phi) is 5.88. The SMILES string of the molecule is O=C(Nc1ccc(N=c2[nH]c3ccccc3[nH]2)cc1Cl)c1ccc(N=c2[nH]c3ccccc3[nH]2)cc1Cl. The van der Waals surface area contributed by atoms with Gasteiger partial charge in [-0.1, -0.05) is 47.5 Å². The van der Waals surface area contributed by atoms with E-state index in [4.69, 9.17) is 23.2 Å². The Bertz CT molecular complexity index is 1850. The van der Waals surface area contributed by atoms with E-state index in [-0.39, 0.29) is 10.9 Å². The summed E-state index contributed by atoms with van der Waals surface area (Å²) in [6, 6.07) is 25.7. The number of halogens is 2. The molecule has 6 rings (SSSR count). The van der Waals surface area contributed by atoms with Crippen molar-refractivity contribution in [1.29, 1.82) is 0 Å². The van der Waals surface area contributed by atoms with Crippen molar-refractivity contribution in [2.45, 2.75) is 0 Å². The number of imidazole rings is 2. The summed E-state index contributed by atoms with van der Waals surface area (Å²) in [7, 11) is 0. The summed E-state index contributed by atoms with van der Waals surface area (Å²) in [5, 5.41) is 3.43. The number of hydrogen-bond acceptors (Lipinski definition) is 3. The summed E-state index contributed by atoms with van der Waals surface area (Å²) < 4.78 is 0. The molecule has 0 aliphatic rings. The van der Waals surface area contributed by atoms with Crippen molar-refractivity contribution in [2.24, 2.45) is 9.98 Å². The molecule has 182 valence electrons. The van der Waals surface area contributed by atoms with Crippen LogP contribution >= 0.6 is 23.2 Å². The smallest absolute Gasteiger partial charge is 0.257 e. The number of fused-ring (bicyclic) bond motifs is 2. The highest BCUT2D eigenvalue weighted by molar-refractivity contribution is 6.36. The van der Waals surface area contributed by atoms with Crippen LogP contribution in [0.4, 0.5) is 17.1 Å². The molecule has 37 heavy (non-hydrogen) atoms. The average molecular weight is 528 g/mol. The molecule has 10 heteroatoms. The molecule has 2 heterocycles. The quantitative estimate of drug-likeness (QED) is 0.181. The van der Waals surface area contributed by atoms with Gasteiger partial charge in [0.1, 0.15) is 0 Å². The van der Waals surface area contributed by atoms with Crippen LogP contribution in [-0.2, 0) is 0 Å². The van der Waals surface area contributed by atoms with Crippen molar-refractivity contribution in [2.75, 3.05) is 5.32 Å². The van der Waals surface area contributed by atoms with Gasteiger partial charge in [-0.25, -0.2) is 9.98 Å². The molecule has 0 aliphatic carbocycles. The number of H-pyrrole nitrogens is 4. The number of anilines is 1. The van der Waals surface area contributed by atoms with Crippen molar-refractivity contribution in [1.82, 2.24) is 19.9 Å². The Morgan fingerprint density at radius 2 is 1.08 bits per heavy atom. The number of benzene rings is 4. The van der Waals surface area contributed by atoms with E-state index in [2.05, 4.69) is 35.2 Å². The summed E-state index contributed by atoms with van der Waals surface area (Å²) in [5.41, 5.74) is 6.94. The molecule has 0 spiro atoms. The molecule has 0 bridgehead atoms. The van der Waals surface area contributed by atoms with E-state index in [1.807, 2.05) is 48.5 Å². The normalized spacial score (nSPS) is 11.1. The molecule has 0 atom stereocenters. The Morgan fingerprint density at radius 1 is 0.622 bits per heavy atom. The first-order valence-corrected chi connectivity index (χ1v) is 12.1. The molecule has 0 unspecified atom stereocenters. The van der Waals surface area contributed by atoms with Gasteiger partial charge in [-0.2, -0.15) is 0 Å². The van der Waals surface area contributed by atoms with Gasteiger partial charge in [-0.15, -0.1) is 0 Å². The lowest BCUT2D eigenvalue weighted by atomic mass is 10.2. The summed E-state index contributed by atoms with van der Waals surface area (Å²) in [6.45, 7) is 0. The van der Waals surface area contributed by atoms with Crippen molar-refractivity contribution >= 4 is 68.2 Å². The van der Waals surface area contributed by atoms with Crippen LogP contribution in [0.25, 0.3) is 22.1 Å². The Labute approximate surface area is 219 Å². The monoisotopic (exact) mass is 527 g/mol. The minimum absolute atomic E-state index is 0.270. The third-order valence-electron chi connectivity index (χ3n) is 5.75. The van der Waals surface area contributed by atoms with Crippen molar-refractivity contribution < 1.29 is 4.79 Å². The topological polar surface area (TPSA) is 117 Å². The Balaban J connectivity index is 1.21. The van der Waals surface area contributed by atoms with Gasteiger partial charge in [-0.05, 0) is 60.7 Å². The van der Waals surface area contributed by atoms with Gasteiger partial charge in [0.25, 0.3) is 5.91 Å². The average Bonchev–Trinajstić information content (AvgIpc) is 3.48. The molecule has 0 fully saturated rings. The molecule has 5 N–H and O–H groups in total. The van der Waals surface area contributed by atoms with Crippen LogP contribution in [0.5, 0.6) is 0 Å². The molecule has 0 radical (unpaired) electrons. The molecule has 0 aliphatic heterocycles. The third-order valence-corrected chi connectivity index (χ3v) is 6.37. The zero-order valence-corrected chi connectivity index (χ0v) is 20.7. The minimum atomic E-state index is -0.385. The first-order chi connectivity index (χ1) is 18.0. The fourth-order valence-electron chi connectivity index (χ4n) is 3.97. The standard InChI is InChI=1S/C27H19Cl2N7O/c28-18-13-15(30-26-33-21-5-1-2-6-22(21)34-26)9-11-17(18)25(37)32-20-12-10-16(14-19(20)29)31-27-35-23-7-3-4-8-24(23)36-27/h1-14H,(H,32,37)(H2,30,33,34)(H2,31,35,36). The molecule has 0 saturated heterocycles. The molecule has 0 saturated carbocycles. The maximum Gasteiger partial charge on any atom is 0.257 e. The van der Waals surface area contributed by atoms with E-state index in [0.29, 0.717) is 38.9 Å². The highest BCUT2D eigenvalue weighted by Crippen LogP contribution is 2.29. The zero-order chi connectivity index (χ0) is 25.4. The molecule has 8 nitrogen and oxygen atoms in total. The van der Waals surface area contributed by atoms with Crippen LogP contribution < -0.4 is 16.6 Å². The van der Waals surface area contributed by atoms with E-state index in [1.165, 1.54) is 0 Å². The highest BCUT2D eigenvalue weighted by atomic mass is 35.5. The summed E-state index contributed by atoms with van der Waals surface area (Å²) in [5.74, 6) is -0.385. The van der Waals surface area contributed by atoms with E-state index in [1.54, 1.807) is 36.4 Å². The fourth-order valence-corrected chi connectivity index (χ4v) is 4.45. The number of nitrogens with one attached hydrogen (secondary N) is 5. The predicted molar refractivity (Wildman–Crippen MR) is 147 cm³/mol. The lowest BCUT2D eigenvalue weighted by Gasteiger charge is -2.09. The van der Waals surface area contributed by atoms with E-state index in [0.717, 1.165) is 22.1 Å². The number of aromatic nitrogens is 4. The Hall–Kier alpha value is -4.53. The van der Waals surface area contributed by atoms with Crippen LogP contribution in [0.1, 0.15) is 10.4 Å². The maximum absolute atomic E-state index is 12.9. The molecular weight excluding hydrogens is 509 g/mol. The number of carbonyl (C=O) groups is 1. The fraction of sp³-hybridized carbons (Fsp3) is 0. The first kappa shape index (κ1) is 22.9. The lowest BCUT2D eigenvalue weighted by molar-refractivity contribution is 0.102. The van der Waals surface area contributed by atoms with Crippen molar-refractivity contribution in [3.63, 3.8) is 0 Å². The summed E-state index contributed by atoms with van der Waals surface area (Å²) in [6.07, 6.45) is 0. The van der Waals surface area contributed by atoms with Crippen LogP contribution in [0, 0.1) is 0 Å². The third kappa shape index (κ3) is 4.80. The predicted octanol–water partition coefficient (Wildman–Crippen LogP) is 6.33. The van der Waals surface area contributed by atoms with Crippen LogP contribution in [0.15, 0.2) is 94.9 Å². The van der Waals surface area contributed by atoms with Crippen LogP contribution in [-0.4, -0.2) is 25.8 Å². The number of para-hydroxylation sites is 4. The number of carbonyl (C=O) groups excluding carboxylic acids is 1. The van der Waals surface area contributed by atoms with Gasteiger partial charge in [0.05, 0.1) is 54.7 Å². The van der Waals surface area contributed by atoms with Gasteiger partial charge in [0, 0.05) is 0 Å². The van der Waals surface area contributed by atoms with Gasteiger partial charge < -0.3 is 25.3 Å². The second-order valence-corrected chi connectivity index (χ2v) is 9.11. The lowest BCUT2D eigenvalue weighted by Crippen LogP contribution is -2.12. The van der Waals surface area contributed by atoms with Gasteiger partial charge in [0.2, 0.25) is 11.2 Å². The van der Waals surface area contributed by atoms with Crippen molar-refractivity contribution in [3.8, 4) is 0 Å². The number of aromatic amines is 4. The van der Waals surface area contributed by atoms with E-state index in [9.17, 15) is 4.79 Å². The maximum atomic E-state index is 12.9. The molecular formula is C27H19Cl2N7O. The number of nitrogens with zero attached hydrogens (tertiary/aromatic N) is 2. The zero-order valence-electron chi connectivity index (χ0n) is 19.1. The first-order valence-electron chi connectivity index (χ1n) is 11.4. The second-order valence-electron chi connectivity index (χ2n) is 8.29. The van der Waals surface area contributed by atoms with Crippen LogP contribution in [0.3, 0.4) is 0 Å². The molecule has 4 aromatic carbocycles. The highest BCUT2D eigenvalue weighted by Gasteiger charge is 2.13. The number of rotatable bonds is 4. The number of hydrogen-bond donors (Lipinski definition) is 5. The molecule has 2 aromatic heterocycles. The summed E-state index contributed by atoms with van der Waals surface area (Å²) >= 11 is 12.9. The van der Waals surface area contributed by atoms with Crippen molar-refractivity contribution in [3.05, 3.63) is 112 Å². The van der Waals surface area contributed by atoms with Crippen LogP contribution in [0.2, 0.25) is 10.0 Å². The van der Waals surface area contributed by atoms with Gasteiger partial charge in [0.15, 0.2) is 0 Å². The van der Waals surface area contributed by atoms with Gasteiger partial charge in [-0.3, -0.25) is 4.79 Å². The largest absolute Gasteiger partial charge is 0.324 e. The molecule has 1 amide bonds. The Morgan fingerprint density at radius 3 is 1.54 bits per heavy atom. The van der Waals surface area contributed by atoms with E-state index < -0.39 is 0 Å². The minimum Gasteiger partial charge on any atom is -0.324 e. The van der Waals surface area contributed by atoms with E-state index >= 15 is 0 Å². The molecule has 6 aromatic rings.